The zero-order valence-corrected chi connectivity index (χ0v) is 18.1. The number of unbranched alkanes of at least 4 members (excludes halogenated alkanes) is 4. The van der Waals surface area contributed by atoms with Gasteiger partial charge in [0.25, 0.3) is 10.1 Å². The Hall–Kier alpha value is -1.05. The summed E-state index contributed by atoms with van der Waals surface area (Å²) >= 11 is 0. The minimum absolute atomic E-state index is 0. The van der Waals surface area contributed by atoms with Gasteiger partial charge in [-0.25, -0.2) is 0 Å². The topological polar surface area (TPSA) is 86.7 Å². The molecule has 26 heavy (non-hydrogen) atoms. The zero-order valence-electron chi connectivity index (χ0n) is 15.3. The average molecular weight is 386 g/mol. The maximum Gasteiger partial charge on any atom is 1.00 e. The van der Waals surface area contributed by atoms with Crippen LogP contribution in [0.5, 0.6) is 17.2 Å². The molecule has 2 aromatic rings. The molecule has 0 heterocycles. The minimum Gasteiger partial charge on any atom is -0.869 e. The first-order valence-electron chi connectivity index (χ1n) is 8.46. The summed E-state index contributed by atoms with van der Waals surface area (Å²) in [6.45, 7) is 2.18. The van der Waals surface area contributed by atoms with Crippen molar-refractivity contribution in [1.82, 2.24) is 0 Å². The average Bonchev–Trinajstić information content (AvgIpc) is 2.56. The summed E-state index contributed by atoms with van der Waals surface area (Å²) in [6.07, 6.45) is 6.89. The van der Waals surface area contributed by atoms with Gasteiger partial charge in [-0.1, -0.05) is 50.8 Å². The predicted octanol–water partition coefficient (Wildman–Crippen LogP) is 1.32. The van der Waals surface area contributed by atoms with Crippen molar-refractivity contribution < 1.29 is 52.4 Å². The van der Waals surface area contributed by atoms with Crippen LogP contribution in [0.3, 0.4) is 0 Å². The smallest absolute Gasteiger partial charge is 0.869 e. The first kappa shape index (κ1) is 23.0. The Kier molecular flexibility index (Phi) is 9.68. The Morgan fingerprint density at radius 2 is 1.73 bits per heavy atom. The third-order valence-electron chi connectivity index (χ3n) is 3.92. The summed E-state index contributed by atoms with van der Waals surface area (Å²) in [5, 5.41) is 12.1. The molecular formula is C19H23NaO5S. The second kappa shape index (κ2) is 10.9. The van der Waals surface area contributed by atoms with Crippen molar-refractivity contribution in [3.63, 3.8) is 0 Å². The van der Waals surface area contributed by atoms with E-state index in [0.29, 0.717) is 5.75 Å². The third kappa shape index (κ3) is 6.93. The number of hydrogen-bond donors (Lipinski definition) is 1. The zero-order chi connectivity index (χ0) is 18.3. The second-order valence-corrected chi connectivity index (χ2v) is 7.36. The molecule has 5 nitrogen and oxygen atoms in total. The van der Waals surface area contributed by atoms with Gasteiger partial charge in [0.05, 0.1) is 4.90 Å². The van der Waals surface area contributed by atoms with Crippen molar-refractivity contribution in [1.29, 1.82) is 0 Å². The molecule has 0 spiro atoms. The van der Waals surface area contributed by atoms with Crippen LogP contribution in [-0.4, -0.2) is 13.0 Å². The molecule has 136 valence electrons. The number of aryl methyl sites for hydroxylation is 1. The van der Waals surface area contributed by atoms with Gasteiger partial charge in [-0.3, -0.25) is 4.55 Å². The SMILES string of the molecule is CCCCCCCc1cccc(Oc2cccc(S(=O)(=O)O)c2[O-])c1.[Na+]. The van der Waals surface area contributed by atoms with E-state index in [1.54, 1.807) is 6.07 Å². The van der Waals surface area contributed by atoms with E-state index < -0.39 is 20.8 Å². The Balaban J connectivity index is 0.00000338. The van der Waals surface area contributed by atoms with Gasteiger partial charge in [0, 0.05) is 0 Å². The molecule has 0 radical (unpaired) electrons. The van der Waals surface area contributed by atoms with E-state index in [1.807, 2.05) is 18.2 Å². The molecule has 2 aromatic carbocycles. The van der Waals surface area contributed by atoms with Gasteiger partial charge >= 0.3 is 29.6 Å². The van der Waals surface area contributed by atoms with E-state index in [4.69, 9.17) is 9.29 Å². The van der Waals surface area contributed by atoms with Gasteiger partial charge in [0.15, 0.2) is 0 Å². The molecule has 0 fully saturated rings. The van der Waals surface area contributed by atoms with Gasteiger partial charge in [0.1, 0.15) is 11.5 Å². The fourth-order valence-corrected chi connectivity index (χ4v) is 3.19. The Morgan fingerprint density at radius 1 is 1.04 bits per heavy atom. The predicted molar refractivity (Wildman–Crippen MR) is 94.7 cm³/mol. The van der Waals surface area contributed by atoms with Crippen LogP contribution in [0, 0.1) is 0 Å². The summed E-state index contributed by atoms with van der Waals surface area (Å²) < 4.78 is 37.0. The van der Waals surface area contributed by atoms with Gasteiger partial charge in [-0.2, -0.15) is 8.42 Å². The third-order valence-corrected chi connectivity index (χ3v) is 4.79. The van der Waals surface area contributed by atoms with E-state index in [0.717, 1.165) is 24.5 Å². The normalized spacial score (nSPS) is 11.0. The molecule has 0 saturated carbocycles. The number of para-hydroxylation sites is 1. The first-order valence-corrected chi connectivity index (χ1v) is 9.90. The largest absolute Gasteiger partial charge is 1.00 e. The van der Waals surface area contributed by atoms with E-state index >= 15 is 0 Å². The van der Waals surface area contributed by atoms with Gasteiger partial charge in [0.2, 0.25) is 0 Å². The van der Waals surface area contributed by atoms with Gasteiger partial charge < -0.3 is 9.84 Å². The Bertz CT molecular complexity index is 805. The van der Waals surface area contributed by atoms with Crippen molar-refractivity contribution in [3.05, 3.63) is 48.0 Å². The molecular weight excluding hydrogens is 363 g/mol. The number of rotatable bonds is 9. The van der Waals surface area contributed by atoms with Crippen molar-refractivity contribution in [2.75, 3.05) is 0 Å². The van der Waals surface area contributed by atoms with Crippen LogP contribution in [0.15, 0.2) is 47.4 Å². The molecule has 0 atom stereocenters. The molecule has 1 N–H and O–H groups in total. The summed E-state index contributed by atoms with van der Waals surface area (Å²) in [5.74, 6) is -0.513. The quantitative estimate of drug-likeness (QED) is 0.399. The fourth-order valence-electron chi connectivity index (χ4n) is 2.60. The van der Waals surface area contributed by atoms with E-state index in [9.17, 15) is 13.5 Å². The molecule has 0 aliphatic heterocycles. The summed E-state index contributed by atoms with van der Waals surface area (Å²) in [6, 6.07) is 11.2. The van der Waals surface area contributed by atoms with Crippen LogP contribution in [0.25, 0.3) is 0 Å². The van der Waals surface area contributed by atoms with Crippen LogP contribution < -0.4 is 39.4 Å². The number of benzene rings is 2. The molecule has 0 unspecified atom stereocenters. The van der Waals surface area contributed by atoms with Crippen molar-refractivity contribution in [2.45, 2.75) is 50.3 Å². The van der Waals surface area contributed by atoms with E-state index in [2.05, 4.69) is 6.92 Å². The Labute approximate surface area is 177 Å². The molecule has 0 bridgehead atoms. The molecule has 0 amide bonds. The Morgan fingerprint density at radius 3 is 2.42 bits per heavy atom. The number of ether oxygens (including phenoxy) is 1. The summed E-state index contributed by atoms with van der Waals surface area (Å²) in [4.78, 5) is -0.683. The molecule has 0 aliphatic carbocycles. The summed E-state index contributed by atoms with van der Waals surface area (Å²) in [7, 11) is -4.57. The second-order valence-electron chi connectivity index (χ2n) is 5.97. The van der Waals surface area contributed by atoms with E-state index in [1.165, 1.54) is 37.8 Å². The molecule has 2 rings (SSSR count). The van der Waals surface area contributed by atoms with Crippen molar-refractivity contribution in [2.24, 2.45) is 0 Å². The fraction of sp³-hybridized carbons (Fsp3) is 0.368. The molecule has 0 aromatic heterocycles. The maximum absolute atomic E-state index is 12.1. The van der Waals surface area contributed by atoms with Crippen LogP contribution in [0.4, 0.5) is 0 Å². The van der Waals surface area contributed by atoms with Crippen LogP contribution in [-0.2, 0) is 16.5 Å². The van der Waals surface area contributed by atoms with E-state index in [-0.39, 0.29) is 35.3 Å². The minimum atomic E-state index is -4.57. The van der Waals surface area contributed by atoms with Crippen molar-refractivity contribution in [3.8, 4) is 17.2 Å². The molecule has 7 heteroatoms. The maximum atomic E-state index is 12.1. The molecule has 0 aliphatic rings. The standard InChI is InChI=1S/C19H24O5S.Na/c1-2-3-4-5-6-9-15-10-7-11-16(14-15)24-17-12-8-13-18(19(17)20)25(21,22)23;/h7-8,10-14,20H,2-6,9H2,1H3,(H,21,22,23);/q;+1/p-1. The van der Waals surface area contributed by atoms with Gasteiger partial charge in [-0.05, 0) is 48.4 Å². The molecule has 0 saturated heterocycles. The monoisotopic (exact) mass is 386 g/mol. The van der Waals surface area contributed by atoms with Crippen LogP contribution in [0.2, 0.25) is 0 Å². The first-order chi connectivity index (χ1) is 11.9. The number of hydrogen-bond acceptors (Lipinski definition) is 4. The van der Waals surface area contributed by atoms with Crippen molar-refractivity contribution >= 4 is 10.1 Å². The summed E-state index contributed by atoms with van der Waals surface area (Å²) in [5.41, 5.74) is 1.10. The van der Waals surface area contributed by atoms with Gasteiger partial charge in [-0.15, -0.1) is 0 Å². The van der Waals surface area contributed by atoms with Crippen LogP contribution >= 0.6 is 0 Å². The van der Waals surface area contributed by atoms with Crippen LogP contribution in [0.1, 0.15) is 44.6 Å².